The molecular weight excluding hydrogens is 334 g/mol. The third-order valence-electron chi connectivity index (χ3n) is 4.44. The Morgan fingerprint density at radius 3 is 2.50 bits per heavy atom. The Morgan fingerprint density at radius 1 is 1.23 bits per heavy atom. The molecule has 1 aromatic heterocycles. The van der Waals surface area contributed by atoms with Crippen molar-refractivity contribution in [1.29, 1.82) is 0 Å². The Balaban J connectivity index is 1.66. The van der Waals surface area contributed by atoms with Gasteiger partial charge in [0, 0.05) is 38.8 Å². The van der Waals surface area contributed by atoms with E-state index in [1.54, 1.807) is 0 Å². The summed E-state index contributed by atoms with van der Waals surface area (Å²) in [5, 5.41) is 6.24. The fraction of sp³-hybridized carbons (Fsp3) is 0.389. The van der Waals surface area contributed by atoms with Crippen molar-refractivity contribution >= 4 is 11.9 Å². The summed E-state index contributed by atoms with van der Waals surface area (Å²) in [6.07, 6.45) is 0. The van der Waals surface area contributed by atoms with Crippen LogP contribution in [0.25, 0.3) is 0 Å². The number of imide groups is 1. The number of hydrogen-bond donors (Lipinski definition) is 2. The van der Waals surface area contributed by atoms with Gasteiger partial charge in [0.05, 0.1) is 5.69 Å². The van der Waals surface area contributed by atoms with Gasteiger partial charge in [0.2, 0.25) is 5.91 Å². The first kappa shape index (κ1) is 18.1. The molecular formula is C18H23N5O3. The second-order valence-electron chi connectivity index (χ2n) is 6.41. The number of nitrogens with zero attached hydrogens (tertiary/aromatic N) is 3. The van der Waals surface area contributed by atoms with Crippen LogP contribution in [0, 0.1) is 6.92 Å². The van der Waals surface area contributed by atoms with E-state index in [2.05, 4.69) is 20.3 Å². The summed E-state index contributed by atoms with van der Waals surface area (Å²) in [6.45, 7) is 5.56. The summed E-state index contributed by atoms with van der Waals surface area (Å²) >= 11 is 0. The van der Waals surface area contributed by atoms with Crippen LogP contribution in [0.5, 0.6) is 0 Å². The number of carbonyl (C=O) groups is 2. The molecule has 0 saturated carbocycles. The fourth-order valence-electron chi connectivity index (χ4n) is 3.25. The van der Waals surface area contributed by atoms with E-state index < -0.39 is 18.0 Å². The predicted molar refractivity (Wildman–Crippen MR) is 95.0 cm³/mol. The lowest BCUT2D eigenvalue weighted by Gasteiger charge is -2.38. The second kappa shape index (κ2) is 8.11. The number of rotatable bonds is 5. The van der Waals surface area contributed by atoms with Crippen LogP contribution in [-0.4, -0.2) is 53.1 Å². The lowest BCUT2D eigenvalue weighted by atomic mass is 10.0. The summed E-state index contributed by atoms with van der Waals surface area (Å²) in [4.78, 5) is 28.0. The van der Waals surface area contributed by atoms with E-state index in [1.807, 2.05) is 43.3 Å². The maximum absolute atomic E-state index is 12.5. The average Bonchev–Trinajstić information content (AvgIpc) is 3.02. The zero-order chi connectivity index (χ0) is 18.5. The minimum Gasteiger partial charge on any atom is -0.361 e. The zero-order valence-corrected chi connectivity index (χ0v) is 14.7. The van der Waals surface area contributed by atoms with Gasteiger partial charge in [-0.05, 0) is 12.5 Å². The number of urea groups is 1. The third-order valence-corrected chi connectivity index (χ3v) is 4.44. The van der Waals surface area contributed by atoms with Crippen molar-refractivity contribution in [3.63, 3.8) is 0 Å². The highest BCUT2D eigenvalue weighted by molar-refractivity contribution is 5.96. The molecule has 3 N–H and O–H groups in total. The minimum absolute atomic E-state index is 0.399. The SMILES string of the molecule is Cc1cc(CN2CCN(C(C(=O)NC(N)=O)c3ccccc3)CC2)no1. The number of carbonyl (C=O) groups excluding carboxylic acids is 2. The Morgan fingerprint density at radius 2 is 1.92 bits per heavy atom. The van der Waals surface area contributed by atoms with Crippen molar-refractivity contribution in [2.75, 3.05) is 26.2 Å². The van der Waals surface area contributed by atoms with Crippen molar-refractivity contribution in [2.24, 2.45) is 5.73 Å². The smallest absolute Gasteiger partial charge is 0.318 e. The van der Waals surface area contributed by atoms with Crippen LogP contribution in [-0.2, 0) is 11.3 Å². The summed E-state index contributed by atoms with van der Waals surface area (Å²) in [6, 6.07) is 9.97. The van der Waals surface area contributed by atoms with E-state index in [-0.39, 0.29) is 0 Å². The van der Waals surface area contributed by atoms with Crippen molar-refractivity contribution in [3.05, 3.63) is 53.4 Å². The number of amides is 3. The van der Waals surface area contributed by atoms with Crippen LogP contribution in [0.15, 0.2) is 40.9 Å². The van der Waals surface area contributed by atoms with Gasteiger partial charge in [0.15, 0.2) is 0 Å². The lowest BCUT2D eigenvalue weighted by molar-refractivity contribution is -0.126. The number of piperazine rings is 1. The number of benzene rings is 1. The highest BCUT2D eigenvalue weighted by Gasteiger charge is 2.31. The standard InChI is InChI=1S/C18H23N5O3/c1-13-11-15(21-26-13)12-22-7-9-23(10-8-22)16(17(24)20-18(19)25)14-5-3-2-4-6-14/h2-6,11,16H,7-10,12H2,1H3,(H3,19,20,24,25). The molecule has 0 spiro atoms. The van der Waals surface area contributed by atoms with Crippen LogP contribution in [0.3, 0.4) is 0 Å². The normalized spacial score (nSPS) is 17.0. The minimum atomic E-state index is -0.837. The summed E-state index contributed by atoms with van der Waals surface area (Å²) in [7, 11) is 0. The number of primary amides is 1. The maximum atomic E-state index is 12.5. The van der Waals surface area contributed by atoms with E-state index in [4.69, 9.17) is 10.3 Å². The molecule has 1 unspecified atom stereocenters. The molecule has 2 heterocycles. The maximum Gasteiger partial charge on any atom is 0.318 e. The molecule has 3 rings (SSSR count). The van der Waals surface area contributed by atoms with E-state index in [0.717, 1.165) is 30.1 Å². The molecule has 8 heteroatoms. The first-order valence-corrected chi connectivity index (χ1v) is 8.57. The zero-order valence-electron chi connectivity index (χ0n) is 14.7. The highest BCUT2D eigenvalue weighted by Crippen LogP contribution is 2.23. The molecule has 1 aliphatic heterocycles. The van der Waals surface area contributed by atoms with Gasteiger partial charge in [-0.3, -0.25) is 19.9 Å². The molecule has 26 heavy (non-hydrogen) atoms. The van der Waals surface area contributed by atoms with Crippen molar-refractivity contribution in [1.82, 2.24) is 20.3 Å². The van der Waals surface area contributed by atoms with Gasteiger partial charge in [0.25, 0.3) is 0 Å². The van der Waals surface area contributed by atoms with E-state index in [1.165, 1.54) is 0 Å². The van der Waals surface area contributed by atoms with Crippen LogP contribution in [0.1, 0.15) is 23.1 Å². The largest absolute Gasteiger partial charge is 0.361 e. The van der Waals surface area contributed by atoms with E-state index in [9.17, 15) is 9.59 Å². The summed E-state index contributed by atoms with van der Waals surface area (Å²) < 4.78 is 5.11. The van der Waals surface area contributed by atoms with Crippen LogP contribution >= 0.6 is 0 Å². The Labute approximate surface area is 151 Å². The van der Waals surface area contributed by atoms with Crippen LogP contribution in [0.4, 0.5) is 4.79 Å². The van der Waals surface area contributed by atoms with Crippen molar-refractivity contribution in [3.8, 4) is 0 Å². The molecule has 3 amide bonds. The predicted octanol–water partition coefficient (Wildman–Crippen LogP) is 1.04. The number of nitrogens with one attached hydrogen (secondary N) is 1. The number of nitrogens with two attached hydrogens (primary N) is 1. The molecule has 1 fully saturated rings. The topological polar surface area (TPSA) is 105 Å². The molecule has 2 aromatic rings. The molecule has 0 aliphatic carbocycles. The van der Waals surface area contributed by atoms with Gasteiger partial charge in [-0.25, -0.2) is 4.79 Å². The highest BCUT2D eigenvalue weighted by atomic mass is 16.5. The number of aromatic nitrogens is 1. The van der Waals surface area contributed by atoms with Gasteiger partial charge >= 0.3 is 6.03 Å². The molecule has 1 saturated heterocycles. The van der Waals surface area contributed by atoms with Gasteiger partial charge in [-0.2, -0.15) is 0 Å². The lowest BCUT2D eigenvalue weighted by Crippen LogP contribution is -2.51. The first-order chi connectivity index (χ1) is 12.5. The van der Waals surface area contributed by atoms with E-state index >= 15 is 0 Å². The summed E-state index contributed by atoms with van der Waals surface area (Å²) in [5.74, 6) is 0.398. The molecule has 138 valence electrons. The monoisotopic (exact) mass is 357 g/mol. The van der Waals surface area contributed by atoms with Gasteiger partial charge in [-0.1, -0.05) is 35.5 Å². The van der Waals surface area contributed by atoms with Crippen molar-refractivity contribution < 1.29 is 14.1 Å². The number of hydrogen-bond acceptors (Lipinski definition) is 6. The summed E-state index contributed by atoms with van der Waals surface area (Å²) in [5.41, 5.74) is 6.88. The molecule has 1 aromatic carbocycles. The van der Waals surface area contributed by atoms with Gasteiger partial charge < -0.3 is 10.3 Å². The molecule has 8 nitrogen and oxygen atoms in total. The Bertz CT molecular complexity index is 753. The molecule has 1 atom stereocenters. The first-order valence-electron chi connectivity index (χ1n) is 8.57. The van der Waals surface area contributed by atoms with Gasteiger partial charge in [-0.15, -0.1) is 0 Å². The van der Waals surface area contributed by atoms with Gasteiger partial charge in [0.1, 0.15) is 11.8 Å². The molecule has 0 bridgehead atoms. The molecule has 0 radical (unpaired) electrons. The van der Waals surface area contributed by atoms with Crippen LogP contribution < -0.4 is 11.1 Å². The fourth-order valence-corrected chi connectivity index (χ4v) is 3.25. The van der Waals surface area contributed by atoms with Crippen LogP contribution in [0.2, 0.25) is 0 Å². The molecule has 1 aliphatic rings. The Hall–Kier alpha value is -2.71. The quantitative estimate of drug-likeness (QED) is 0.828. The van der Waals surface area contributed by atoms with Crippen molar-refractivity contribution in [2.45, 2.75) is 19.5 Å². The average molecular weight is 357 g/mol. The third kappa shape index (κ3) is 4.47. The Kier molecular flexibility index (Phi) is 5.65. The second-order valence-corrected chi connectivity index (χ2v) is 6.41. The number of aryl methyl sites for hydroxylation is 1. The van der Waals surface area contributed by atoms with E-state index in [0.29, 0.717) is 19.6 Å².